The fourth-order valence-corrected chi connectivity index (χ4v) is 3.11. The summed E-state index contributed by atoms with van der Waals surface area (Å²) in [5, 5.41) is 19.8. The summed E-state index contributed by atoms with van der Waals surface area (Å²) < 4.78 is 6.24. The Balaban J connectivity index is 1.92. The SMILES string of the molecule is O=[N+]([O-])c1cc(Cl)c2c(c1)N=NC(c1ccccc1)(c1ccccc1)O2. The van der Waals surface area contributed by atoms with Crippen LogP contribution in [0.2, 0.25) is 5.02 Å². The molecule has 0 atom stereocenters. The molecule has 7 heteroatoms. The van der Waals surface area contributed by atoms with E-state index in [4.69, 9.17) is 16.3 Å². The van der Waals surface area contributed by atoms with Gasteiger partial charge in [0, 0.05) is 23.3 Å². The molecule has 3 aromatic carbocycles. The number of hydrogen-bond acceptors (Lipinski definition) is 5. The van der Waals surface area contributed by atoms with Crippen molar-refractivity contribution in [2.75, 3.05) is 0 Å². The topological polar surface area (TPSA) is 77.1 Å². The molecule has 0 saturated carbocycles. The first-order valence-electron chi connectivity index (χ1n) is 7.81. The number of hydrogen-bond donors (Lipinski definition) is 0. The van der Waals surface area contributed by atoms with Gasteiger partial charge in [0.05, 0.1) is 9.95 Å². The molecule has 0 spiro atoms. The first-order chi connectivity index (χ1) is 12.6. The molecule has 0 N–H and O–H groups in total. The summed E-state index contributed by atoms with van der Waals surface area (Å²) in [6, 6.07) is 21.4. The van der Waals surface area contributed by atoms with Crippen molar-refractivity contribution >= 4 is 23.0 Å². The highest BCUT2D eigenvalue weighted by molar-refractivity contribution is 6.32. The van der Waals surface area contributed by atoms with E-state index in [9.17, 15) is 10.1 Å². The fourth-order valence-electron chi connectivity index (χ4n) is 2.87. The van der Waals surface area contributed by atoms with Crippen molar-refractivity contribution < 1.29 is 9.66 Å². The number of azo groups is 1. The van der Waals surface area contributed by atoms with Crippen LogP contribution in [0.3, 0.4) is 0 Å². The first kappa shape index (κ1) is 16.2. The van der Waals surface area contributed by atoms with Crippen LogP contribution >= 0.6 is 11.6 Å². The second kappa shape index (κ2) is 6.24. The molecule has 0 aliphatic carbocycles. The van der Waals surface area contributed by atoms with Gasteiger partial charge in [-0.25, -0.2) is 0 Å². The van der Waals surface area contributed by atoms with Crippen molar-refractivity contribution in [3.8, 4) is 5.75 Å². The van der Waals surface area contributed by atoms with Crippen LogP contribution in [-0.4, -0.2) is 4.92 Å². The second-order valence-electron chi connectivity index (χ2n) is 5.71. The molecule has 1 aliphatic rings. The van der Waals surface area contributed by atoms with Crippen LogP contribution in [0.5, 0.6) is 5.75 Å². The maximum atomic E-state index is 11.0. The number of halogens is 1. The molecule has 0 bridgehead atoms. The number of non-ortho nitro benzene ring substituents is 1. The normalized spacial score (nSPS) is 14.3. The number of benzene rings is 3. The molecule has 26 heavy (non-hydrogen) atoms. The van der Waals surface area contributed by atoms with Gasteiger partial charge >= 0.3 is 0 Å². The summed E-state index contributed by atoms with van der Waals surface area (Å²) in [7, 11) is 0. The van der Waals surface area contributed by atoms with E-state index in [1.54, 1.807) is 0 Å². The van der Waals surface area contributed by atoms with E-state index >= 15 is 0 Å². The molecule has 1 heterocycles. The lowest BCUT2D eigenvalue weighted by molar-refractivity contribution is -0.384. The largest absolute Gasteiger partial charge is 0.452 e. The molecule has 6 nitrogen and oxygen atoms in total. The predicted octanol–water partition coefficient (Wildman–Crippen LogP) is 5.63. The molecule has 1 aliphatic heterocycles. The number of fused-ring (bicyclic) bond motifs is 1. The van der Waals surface area contributed by atoms with Gasteiger partial charge in [-0.2, -0.15) is 0 Å². The number of nitro groups is 1. The van der Waals surface area contributed by atoms with E-state index in [1.165, 1.54) is 12.1 Å². The van der Waals surface area contributed by atoms with Crippen molar-refractivity contribution in [3.63, 3.8) is 0 Å². The van der Waals surface area contributed by atoms with E-state index in [0.717, 1.165) is 11.1 Å². The third kappa shape index (κ3) is 2.60. The number of rotatable bonds is 3. The third-order valence-electron chi connectivity index (χ3n) is 4.10. The highest BCUT2D eigenvalue weighted by Gasteiger charge is 2.41. The standard InChI is InChI=1S/C19H12ClN3O3/c20-16-11-15(23(24)25)12-17-18(16)26-19(22-21-17,13-7-3-1-4-8-13)14-9-5-2-6-10-14/h1-12H. The Hall–Kier alpha value is -3.25. The summed E-state index contributed by atoms with van der Waals surface area (Å²) in [5.74, 6) is 0.264. The Morgan fingerprint density at radius 1 is 0.962 bits per heavy atom. The van der Waals surface area contributed by atoms with Crippen LogP contribution < -0.4 is 4.74 Å². The summed E-state index contributed by atoms with van der Waals surface area (Å²) in [6.07, 6.45) is 0. The van der Waals surface area contributed by atoms with Crippen LogP contribution in [0.25, 0.3) is 0 Å². The lowest BCUT2D eigenvalue weighted by atomic mass is 9.94. The number of ether oxygens (including phenoxy) is 1. The monoisotopic (exact) mass is 365 g/mol. The minimum atomic E-state index is -1.21. The molecule has 0 radical (unpaired) electrons. The van der Waals surface area contributed by atoms with E-state index in [0.29, 0.717) is 0 Å². The van der Waals surface area contributed by atoms with E-state index < -0.39 is 10.6 Å². The van der Waals surface area contributed by atoms with Crippen molar-refractivity contribution in [2.24, 2.45) is 10.2 Å². The Labute approximate surface area is 153 Å². The van der Waals surface area contributed by atoms with E-state index in [-0.39, 0.29) is 22.1 Å². The molecule has 3 aromatic rings. The quantitative estimate of drug-likeness (QED) is 0.446. The van der Waals surface area contributed by atoms with Gasteiger partial charge in [-0.05, 0) is 0 Å². The molecule has 0 amide bonds. The highest BCUT2D eigenvalue weighted by atomic mass is 35.5. The Morgan fingerprint density at radius 3 is 2.08 bits per heavy atom. The number of nitro benzene ring substituents is 1. The smallest absolute Gasteiger partial charge is 0.273 e. The van der Waals surface area contributed by atoms with Crippen molar-refractivity contribution in [2.45, 2.75) is 5.72 Å². The Bertz CT molecular complexity index is 968. The van der Waals surface area contributed by atoms with E-state index in [2.05, 4.69) is 10.2 Å². The lowest BCUT2D eigenvalue weighted by Crippen LogP contribution is -2.33. The van der Waals surface area contributed by atoms with Crippen LogP contribution in [-0.2, 0) is 5.72 Å². The van der Waals surface area contributed by atoms with Gasteiger partial charge in [0.25, 0.3) is 11.4 Å². The minimum absolute atomic E-state index is 0.115. The van der Waals surface area contributed by atoms with Gasteiger partial charge < -0.3 is 4.74 Å². The molecular weight excluding hydrogens is 354 g/mol. The van der Waals surface area contributed by atoms with E-state index in [1.807, 2.05) is 60.7 Å². The first-order valence-corrected chi connectivity index (χ1v) is 8.19. The Morgan fingerprint density at radius 2 is 1.54 bits per heavy atom. The molecule has 4 rings (SSSR count). The maximum Gasteiger partial charge on any atom is 0.273 e. The summed E-state index contributed by atoms with van der Waals surface area (Å²) in [6.45, 7) is 0. The average Bonchev–Trinajstić information content (AvgIpc) is 2.69. The zero-order valence-corrected chi connectivity index (χ0v) is 14.1. The van der Waals surface area contributed by atoms with Gasteiger partial charge in [-0.15, -0.1) is 10.2 Å². The van der Waals surface area contributed by atoms with Gasteiger partial charge in [0.2, 0.25) is 0 Å². The van der Waals surface area contributed by atoms with Gasteiger partial charge in [0.1, 0.15) is 5.69 Å². The summed E-state index contributed by atoms with van der Waals surface area (Å²) in [5.41, 5.74) is 0.398. The van der Waals surface area contributed by atoms with Crippen molar-refractivity contribution in [3.05, 3.63) is 99.1 Å². The number of nitrogens with zero attached hydrogens (tertiary/aromatic N) is 3. The molecule has 0 aromatic heterocycles. The van der Waals surface area contributed by atoms with Gasteiger partial charge in [-0.1, -0.05) is 72.3 Å². The molecule has 0 fully saturated rings. The second-order valence-corrected chi connectivity index (χ2v) is 6.12. The van der Waals surface area contributed by atoms with Crippen molar-refractivity contribution in [1.82, 2.24) is 0 Å². The molecule has 0 unspecified atom stereocenters. The van der Waals surface area contributed by atoms with Crippen LogP contribution in [0.4, 0.5) is 11.4 Å². The Kier molecular flexibility index (Phi) is 3.89. The van der Waals surface area contributed by atoms with Crippen LogP contribution in [0.1, 0.15) is 11.1 Å². The third-order valence-corrected chi connectivity index (χ3v) is 4.38. The molecule has 0 saturated heterocycles. The molecular formula is C19H12ClN3O3. The minimum Gasteiger partial charge on any atom is -0.452 e. The average molecular weight is 366 g/mol. The summed E-state index contributed by atoms with van der Waals surface area (Å²) >= 11 is 6.26. The van der Waals surface area contributed by atoms with Crippen molar-refractivity contribution in [1.29, 1.82) is 0 Å². The maximum absolute atomic E-state index is 11.0. The predicted molar refractivity (Wildman–Crippen MR) is 96.9 cm³/mol. The van der Waals surface area contributed by atoms with Gasteiger partial charge in [0.15, 0.2) is 5.75 Å². The molecule has 128 valence electrons. The lowest BCUT2D eigenvalue weighted by Gasteiger charge is -2.33. The zero-order chi connectivity index (χ0) is 18.1. The highest BCUT2D eigenvalue weighted by Crippen LogP contribution is 2.49. The fraction of sp³-hybridized carbons (Fsp3) is 0.0526. The van der Waals surface area contributed by atoms with Gasteiger partial charge in [-0.3, -0.25) is 10.1 Å². The van der Waals surface area contributed by atoms with Crippen LogP contribution in [0.15, 0.2) is 83.0 Å². The summed E-state index contributed by atoms with van der Waals surface area (Å²) in [4.78, 5) is 10.5. The zero-order valence-electron chi connectivity index (χ0n) is 13.4. The van der Waals surface area contributed by atoms with Crippen LogP contribution in [0, 0.1) is 10.1 Å².